The standard InChI is InChI=1S/C23H20F2N2O/c1-2-28-21-13-5-16(6-14-21)22-15-23(17-3-7-18(24)8-4-17)27(26-22)20-11-9-19(25)10-12-20/h3-14,23H,2,15H2,1H3/t23-/m1/s1. The fourth-order valence-electron chi connectivity index (χ4n) is 3.37. The molecule has 1 atom stereocenters. The number of ether oxygens (including phenoxy) is 1. The third-order valence-electron chi connectivity index (χ3n) is 4.75. The van der Waals surface area contributed by atoms with E-state index in [9.17, 15) is 8.78 Å². The van der Waals surface area contributed by atoms with Gasteiger partial charge in [-0.2, -0.15) is 5.10 Å². The fraction of sp³-hybridized carbons (Fsp3) is 0.174. The molecule has 3 aromatic rings. The number of halogens is 2. The van der Waals surface area contributed by atoms with Crippen LogP contribution >= 0.6 is 0 Å². The van der Waals surface area contributed by atoms with Crippen molar-refractivity contribution < 1.29 is 13.5 Å². The molecule has 1 aliphatic heterocycles. The Kier molecular flexibility index (Phi) is 5.06. The van der Waals surface area contributed by atoms with Crippen LogP contribution in [-0.2, 0) is 0 Å². The highest BCUT2D eigenvalue weighted by Crippen LogP contribution is 2.37. The van der Waals surface area contributed by atoms with E-state index in [0.29, 0.717) is 13.0 Å². The molecule has 28 heavy (non-hydrogen) atoms. The van der Waals surface area contributed by atoms with Crippen LogP contribution in [0.1, 0.15) is 30.5 Å². The molecule has 1 aliphatic rings. The quantitative estimate of drug-likeness (QED) is 0.567. The van der Waals surface area contributed by atoms with Crippen LogP contribution in [-0.4, -0.2) is 12.3 Å². The number of nitrogens with zero attached hydrogens (tertiary/aromatic N) is 2. The predicted octanol–water partition coefficient (Wildman–Crippen LogP) is 5.72. The largest absolute Gasteiger partial charge is 0.494 e. The molecule has 0 aliphatic carbocycles. The second-order valence-electron chi connectivity index (χ2n) is 6.60. The summed E-state index contributed by atoms with van der Waals surface area (Å²) in [4.78, 5) is 0. The summed E-state index contributed by atoms with van der Waals surface area (Å²) in [6.45, 7) is 2.56. The summed E-state index contributed by atoms with van der Waals surface area (Å²) in [5.74, 6) is 0.245. The Morgan fingerprint density at radius 1 is 0.893 bits per heavy atom. The van der Waals surface area contributed by atoms with Gasteiger partial charge in [0.2, 0.25) is 0 Å². The molecule has 1 heterocycles. The summed E-state index contributed by atoms with van der Waals surface area (Å²) in [6.07, 6.45) is 0.664. The van der Waals surface area contributed by atoms with E-state index in [4.69, 9.17) is 9.84 Å². The molecule has 0 radical (unpaired) electrons. The number of rotatable bonds is 5. The highest BCUT2D eigenvalue weighted by molar-refractivity contribution is 6.03. The molecule has 142 valence electrons. The van der Waals surface area contributed by atoms with Crippen LogP contribution in [0.5, 0.6) is 5.75 Å². The van der Waals surface area contributed by atoms with Gasteiger partial charge in [0.05, 0.1) is 24.0 Å². The topological polar surface area (TPSA) is 24.8 Å². The lowest BCUT2D eigenvalue weighted by atomic mass is 9.98. The molecular weight excluding hydrogens is 358 g/mol. The van der Waals surface area contributed by atoms with E-state index >= 15 is 0 Å². The van der Waals surface area contributed by atoms with E-state index in [1.54, 1.807) is 24.3 Å². The first-order valence-electron chi connectivity index (χ1n) is 9.25. The number of hydrogen-bond donors (Lipinski definition) is 0. The summed E-state index contributed by atoms with van der Waals surface area (Å²) in [7, 11) is 0. The second kappa shape index (κ2) is 7.80. The molecule has 0 aromatic heterocycles. The minimum atomic E-state index is -0.294. The third kappa shape index (κ3) is 3.74. The average Bonchev–Trinajstić information content (AvgIpc) is 3.15. The third-order valence-corrected chi connectivity index (χ3v) is 4.75. The molecule has 0 spiro atoms. The molecule has 0 amide bonds. The minimum absolute atomic E-state index is 0.0902. The maximum absolute atomic E-state index is 13.4. The van der Waals surface area contributed by atoms with E-state index in [2.05, 4.69) is 0 Å². The molecule has 0 unspecified atom stereocenters. The van der Waals surface area contributed by atoms with Crippen LogP contribution in [0.25, 0.3) is 0 Å². The monoisotopic (exact) mass is 378 g/mol. The lowest BCUT2D eigenvalue weighted by molar-refractivity contribution is 0.340. The Hall–Kier alpha value is -3.21. The maximum Gasteiger partial charge on any atom is 0.123 e. The molecule has 5 heteroatoms. The predicted molar refractivity (Wildman–Crippen MR) is 107 cm³/mol. The molecule has 4 rings (SSSR count). The first-order valence-corrected chi connectivity index (χ1v) is 9.25. The molecule has 0 bridgehead atoms. The zero-order chi connectivity index (χ0) is 19.5. The maximum atomic E-state index is 13.4. The van der Waals surface area contributed by atoms with Crippen molar-refractivity contribution >= 4 is 11.4 Å². The SMILES string of the molecule is CCOc1ccc(C2=NN(c3ccc(F)cc3)[C@@H](c3ccc(F)cc3)C2)cc1. The number of benzene rings is 3. The van der Waals surface area contributed by atoms with Gasteiger partial charge in [-0.3, -0.25) is 5.01 Å². The number of anilines is 1. The van der Waals surface area contributed by atoms with E-state index < -0.39 is 0 Å². The van der Waals surface area contributed by atoms with Crippen LogP contribution in [0.4, 0.5) is 14.5 Å². The first kappa shape index (κ1) is 18.2. The van der Waals surface area contributed by atoms with Gasteiger partial charge in [-0.25, -0.2) is 8.78 Å². The van der Waals surface area contributed by atoms with Crippen molar-refractivity contribution in [1.82, 2.24) is 0 Å². The van der Waals surface area contributed by atoms with Gasteiger partial charge in [-0.15, -0.1) is 0 Å². The van der Waals surface area contributed by atoms with Crippen molar-refractivity contribution in [1.29, 1.82) is 0 Å². The molecule has 0 fully saturated rings. The number of hydrazone groups is 1. The average molecular weight is 378 g/mol. The zero-order valence-electron chi connectivity index (χ0n) is 15.5. The zero-order valence-corrected chi connectivity index (χ0v) is 15.5. The highest BCUT2D eigenvalue weighted by Gasteiger charge is 2.30. The lowest BCUT2D eigenvalue weighted by Gasteiger charge is -2.24. The smallest absolute Gasteiger partial charge is 0.123 e. The molecule has 3 aromatic carbocycles. The minimum Gasteiger partial charge on any atom is -0.494 e. The van der Waals surface area contributed by atoms with Crippen LogP contribution in [0.15, 0.2) is 77.9 Å². The van der Waals surface area contributed by atoms with Crippen molar-refractivity contribution in [3.8, 4) is 5.75 Å². The summed E-state index contributed by atoms with van der Waals surface area (Å²) < 4.78 is 32.3. The van der Waals surface area contributed by atoms with Crippen LogP contribution in [0, 0.1) is 11.6 Å². The van der Waals surface area contributed by atoms with E-state index in [1.807, 2.05) is 36.2 Å². The lowest BCUT2D eigenvalue weighted by Crippen LogP contribution is -2.18. The molecule has 0 saturated heterocycles. The van der Waals surface area contributed by atoms with Gasteiger partial charge in [-0.1, -0.05) is 12.1 Å². The van der Waals surface area contributed by atoms with Crippen LogP contribution < -0.4 is 9.75 Å². The summed E-state index contributed by atoms with van der Waals surface area (Å²) in [6, 6.07) is 20.4. The van der Waals surface area contributed by atoms with Gasteiger partial charge in [0.25, 0.3) is 0 Å². The van der Waals surface area contributed by atoms with E-state index in [1.165, 1.54) is 24.3 Å². The number of hydrogen-bond acceptors (Lipinski definition) is 3. The van der Waals surface area contributed by atoms with Crippen molar-refractivity contribution in [3.05, 3.63) is 95.6 Å². The van der Waals surface area contributed by atoms with Gasteiger partial charge in [0.15, 0.2) is 0 Å². The Labute approximate surface area is 162 Å². The summed E-state index contributed by atoms with van der Waals surface area (Å²) >= 11 is 0. The Balaban J connectivity index is 1.69. The van der Waals surface area contributed by atoms with Crippen molar-refractivity contribution in [2.75, 3.05) is 11.6 Å². The molecule has 3 nitrogen and oxygen atoms in total. The van der Waals surface area contributed by atoms with Crippen LogP contribution in [0.2, 0.25) is 0 Å². The summed E-state index contributed by atoms with van der Waals surface area (Å²) in [5.41, 5.74) is 3.66. The first-order chi connectivity index (χ1) is 13.6. The Morgan fingerprint density at radius 2 is 1.50 bits per heavy atom. The van der Waals surface area contributed by atoms with Gasteiger partial charge >= 0.3 is 0 Å². The van der Waals surface area contributed by atoms with Gasteiger partial charge in [0.1, 0.15) is 17.4 Å². The fourth-order valence-corrected chi connectivity index (χ4v) is 3.37. The van der Waals surface area contributed by atoms with Crippen molar-refractivity contribution in [2.45, 2.75) is 19.4 Å². The molecule has 0 saturated carbocycles. The molecule has 0 N–H and O–H groups in total. The van der Waals surface area contributed by atoms with Crippen molar-refractivity contribution in [2.24, 2.45) is 5.10 Å². The highest BCUT2D eigenvalue weighted by atomic mass is 19.1. The van der Waals surface area contributed by atoms with Gasteiger partial charge in [0, 0.05) is 6.42 Å². The normalized spacial score (nSPS) is 16.2. The Bertz CT molecular complexity index is 967. The second-order valence-corrected chi connectivity index (χ2v) is 6.60. The van der Waals surface area contributed by atoms with Gasteiger partial charge in [-0.05, 0) is 78.7 Å². The van der Waals surface area contributed by atoms with Gasteiger partial charge < -0.3 is 4.74 Å². The van der Waals surface area contributed by atoms with E-state index in [-0.39, 0.29) is 17.7 Å². The Morgan fingerprint density at radius 3 is 2.11 bits per heavy atom. The molecular formula is C23H20F2N2O. The summed E-state index contributed by atoms with van der Waals surface area (Å²) in [5, 5.41) is 6.68. The van der Waals surface area contributed by atoms with Crippen LogP contribution in [0.3, 0.4) is 0 Å². The van der Waals surface area contributed by atoms with E-state index in [0.717, 1.165) is 28.3 Å². The van der Waals surface area contributed by atoms with Crippen molar-refractivity contribution in [3.63, 3.8) is 0 Å².